The number of nitrogens with two attached hydrogens (primary N) is 1. The summed E-state index contributed by atoms with van der Waals surface area (Å²) in [6, 6.07) is 5.63. The molecule has 0 aliphatic carbocycles. The van der Waals surface area contributed by atoms with Crippen LogP contribution in [-0.2, 0) is 0 Å². The van der Waals surface area contributed by atoms with Gasteiger partial charge < -0.3 is 10.6 Å². The van der Waals surface area contributed by atoms with E-state index >= 15 is 0 Å². The number of nitrogens with zero attached hydrogens (tertiary/aromatic N) is 2. The van der Waals surface area contributed by atoms with E-state index < -0.39 is 0 Å². The second kappa shape index (κ2) is 3.71. The molecule has 0 aliphatic rings. The monoisotopic (exact) mass is 165 g/mol. The van der Waals surface area contributed by atoms with E-state index in [0.717, 1.165) is 5.56 Å². The third-order valence-electron chi connectivity index (χ3n) is 1.50. The van der Waals surface area contributed by atoms with E-state index in [2.05, 4.69) is 10.3 Å². The summed E-state index contributed by atoms with van der Waals surface area (Å²) in [5.74, 6) is 5.61. The Hall–Kier alpha value is -1.58. The first-order valence-corrected chi connectivity index (χ1v) is 3.53. The van der Waals surface area contributed by atoms with Crippen LogP contribution in [0.4, 0.5) is 5.69 Å². The molecule has 12 heavy (non-hydrogen) atoms. The van der Waals surface area contributed by atoms with Gasteiger partial charge in [0.1, 0.15) is 11.4 Å². The molecule has 0 aromatic heterocycles. The Labute approximate surface area is 71.0 Å². The summed E-state index contributed by atoms with van der Waals surface area (Å²) in [4.78, 5) is 0. The first-order valence-electron chi connectivity index (χ1n) is 3.53. The maximum absolute atomic E-state index is 5.04. The minimum Gasteiger partial charge on any atom is -0.494 e. The van der Waals surface area contributed by atoms with Crippen molar-refractivity contribution in [3.8, 4) is 5.75 Å². The van der Waals surface area contributed by atoms with Crippen molar-refractivity contribution in [3.63, 3.8) is 0 Å². The molecule has 0 bridgehead atoms. The topological polar surface area (TPSA) is 60.0 Å². The van der Waals surface area contributed by atoms with Crippen molar-refractivity contribution >= 4 is 5.69 Å². The van der Waals surface area contributed by atoms with Gasteiger partial charge in [-0.25, -0.2) is 0 Å². The third-order valence-corrected chi connectivity index (χ3v) is 1.50. The molecule has 2 N–H and O–H groups in total. The summed E-state index contributed by atoms with van der Waals surface area (Å²) >= 11 is 0. The minimum atomic E-state index is 0.653. The molecule has 64 valence electrons. The Morgan fingerprint density at radius 2 is 2.17 bits per heavy atom. The van der Waals surface area contributed by atoms with Gasteiger partial charge in [0.2, 0.25) is 0 Å². The molecule has 0 saturated heterocycles. The molecular weight excluding hydrogens is 154 g/mol. The van der Waals surface area contributed by atoms with Gasteiger partial charge in [-0.1, -0.05) is 11.3 Å². The van der Waals surface area contributed by atoms with Crippen molar-refractivity contribution in [1.29, 1.82) is 0 Å². The number of hydrogen-bond donors (Lipinski definition) is 1. The largest absolute Gasteiger partial charge is 0.494 e. The smallest absolute Gasteiger partial charge is 0.146 e. The van der Waals surface area contributed by atoms with Crippen LogP contribution in [0.25, 0.3) is 0 Å². The molecule has 1 aromatic rings. The highest BCUT2D eigenvalue weighted by Gasteiger charge is 2.00. The highest BCUT2D eigenvalue weighted by Crippen LogP contribution is 2.27. The van der Waals surface area contributed by atoms with Gasteiger partial charge in [-0.3, -0.25) is 0 Å². The standard InChI is InChI=1S/C8H11N3O/c1-6-3-4-8(12-2)7(5-6)10-11-9/h3-5H,1-2H3,(H2,9,10). The molecule has 4 nitrogen and oxygen atoms in total. The highest BCUT2D eigenvalue weighted by atomic mass is 16.5. The fourth-order valence-electron chi connectivity index (χ4n) is 0.940. The molecule has 0 radical (unpaired) electrons. The Kier molecular flexibility index (Phi) is 2.63. The molecule has 0 saturated carbocycles. The van der Waals surface area contributed by atoms with Crippen molar-refractivity contribution in [2.75, 3.05) is 7.11 Å². The quantitative estimate of drug-likeness (QED) is 0.413. The zero-order valence-corrected chi connectivity index (χ0v) is 7.11. The summed E-state index contributed by atoms with van der Waals surface area (Å²) in [5.41, 5.74) is 1.75. The summed E-state index contributed by atoms with van der Waals surface area (Å²) in [6.07, 6.45) is 0. The van der Waals surface area contributed by atoms with Crippen LogP contribution in [-0.4, -0.2) is 7.11 Å². The molecule has 0 atom stereocenters. The number of methoxy groups -OCH3 is 1. The van der Waals surface area contributed by atoms with Crippen molar-refractivity contribution in [1.82, 2.24) is 0 Å². The van der Waals surface area contributed by atoms with Crippen LogP contribution in [0.2, 0.25) is 0 Å². The van der Waals surface area contributed by atoms with Gasteiger partial charge in [0, 0.05) is 0 Å². The van der Waals surface area contributed by atoms with Crippen molar-refractivity contribution < 1.29 is 4.74 Å². The molecule has 4 heteroatoms. The van der Waals surface area contributed by atoms with Crippen LogP contribution in [0, 0.1) is 6.92 Å². The molecule has 0 fully saturated rings. The number of benzene rings is 1. The number of aryl methyl sites for hydroxylation is 1. The molecule has 1 rings (SSSR count). The molecule has 0 amide bonds. The zero-order chi connectivity index (χ0) is 8.97. The lowest BCUT2D eigenvalue weighted by molar-refractivity contribution is 0.415. The van der Waals surface area contributed by atoms with Crippen molar-refractivity contribution in [2.24, 2.45) is 16.2 Å². The van der Waals surface area contributed by atoms with Crippen LogP contribution in [0.5, 0.6) is 5.75 Å². The summed E-state index contributed by atoms with van der Waals surface area (Å²) in [5, 5.41) is 6.92. The molecular formula is C8H11N3O. The Morgan fingerprint density at radius 1 is 1.42 bits per heavy atom. The van der Waals surface area contributed by atoms with Crippen molar-refractivity contribution in [2.45, 2.75) is 6.92 Å². The van der Waals surface area contributed by atoms with Gasteiger partial charge in [-0.2, -0.15) is 0 Å². The van der Waals surface area contributed by atoms with Crippen LogP contribution in [0.1, 0.15) is 5.56 Å². The number of ether oxygens (including phenoxy) is 1. The second-order valence-electron chi connectivity index (χ2n) is 2.39. The van der Waals surface area contributed by atoms with E-state index in [9.17, 15) is 0 Å². The highest BCUT2D eigenvalue weighted by molar-refractivity contribution is 5.52. The van der Waals surface area contributed by atoms with Gasteiger partial charge in [-0.15, -0.1) is 5.11 Å². The van der Waals surface area contributed by atoms with Crippen LogP contribution < -0.4 is 10.6 Å². The fraction of sp³-hybridized carbons (Fsp3) is 0.250. The van der Waals surface area contributed by atoms with Gasteiger partial charge >= 0.3 is 0 Å². The van der Waals surface area contributed by atoms with Crippen LogP contribution >= 0.6 is 0 Å². The van der Waals surface area contributed by atoms with Gasteiger partial charge in [0.15, 0.2) is 0 Å². The fourth-order valence-corrected chi connectivity index (χ4v) is 0.940. The predicted molar refractivity (Wildman–Crippen MR) is 46.4 cm³/mol. The lowest BCUT2D eigenvalue weighted by atomic mass is 10.2. The Morgan fingerprint density at radius 3 is 2.75 bits per heavy atom. The number of hydrogen-bond acceptors (Lipinski definition) is 3. The summed E-state index contributed by atoms with van der Waals surface area (Å²) in [7, 11) is 1.58. The predicted octanol–water partition coefficient (Wildman–Crippen LogP) is 1.96. The molecule has 0 heterocycles. The SMILES string of the molecule is COc1ccc(C)cc1/N=N/N. The molecule has 1 aromatic carbocycles. The molecule has 0 spiro atoms. The second-order valence-corrected chi connectivity index (χ2v) is 2.39. The maximum atomic E-state index is 5.04. The Balaban J connectivity index is 3.12. The Bertz CT molecular complexity index is 296. The van der Waals surface area contributed by atoms with Crippen LogP contribution in [0.3, 0.4) is 0 Å². The van der Waals surface area contributed by atoms with E-state index in [1.54, 1.807) is 7.11 Å². The van der Waals surface area contributed by atoms with E-state index in [4.69, 9.17) is 10.6 Å². The average Bonchev–Trinajstić information content (AvgIpc) is 2.05. The lowest BCUT2D eigenvalue weighted by Crippen LogP contribution is -1.84. The first-order chi connectivity index (χ1) is 5.77. The third kappa shape index (κ3) is 1.72. The van der Waals surface area contributed by atoms with Gasteiger partial charge in [-0.05, 0) is 24.6 Å². The molecule has 0 aliphatic heterocycles. The zero-order valence-electron chi connectivity index (χ0n) is 7.11. The van der Waals surface area contributed by atoms with Gasteiger partial charge in [0.25, 0.3) is 0 Å². The van der Waals surface area contributed by atoms with E-state index in [0.29, 0.717) is 11.4 Å². The van der Waals surface area contributed by atoms with E-state index in [1.165, 1.54) is 0 Å². The maximum Gasteiger partial charge on any atom is 0.146 e. The first kappa shape index (κ1) is 8.52. The van der Waals surface area contributed by atoms with Crippen LogP contribution in [0.15, 0.2) is 28.5 Å². The van der Waals surface area contributed by atoms with Crippen molar-refractivity contribution in [3.05, 3.63) is 23.8 Å². The van der Waals surface area contributed by atoms with E-state index in [-0.39, 0.29) is 0 Å². The van der Waals surface area contributed by atoms with E-state index in [1.807, 2.05) is 25.1 Å². The summed E-state index contributed by atoms with van der Waals surface area (Å²) < 4.78 is 5.04. The lowest BCUT2D eigenvalue weighted by Gasteiger charge is -2.02. The molecule has 0 unspecified atom stereocenters. The minimum absolute atomic E-state index is 0.653. The number of rotatable bonds is 2. The summed E-state index contributed by atoms with van der Waals surface area (Å²) in [6.45, 7) is 1.97. The average molecular weight is 165 g/mol. The van der Waals surface area contributed by atoms with Gasteiger partial charge in [0.05, 0.1) is 7.11 Å². The normalized spacial score (nSPS) is 10.5.